The summed E-state index contributed by atoms with van der Waals surface area (Å²) in [5.74, 6) is 0.234. The van der Waals surface area contributed by atoms with E-state index in [1.165, 1.54) is 18.3 Å². The number of rotatable bonds is 2. The maximum absolute atomic E-state index is 13.2. The molecular formula is C20H20ClFN4O. The molecule has 0 bridgehead atoms. The van der Waals surface area contributed by atoms with E-state index in [1.54, 1.807) is 16.8 Å². The maximum Gasteiger partial charge on any atom is 0.256 e. The Morgan fingerprint density at radius 3 is 2.56 bits per heavy atom. The average molecular weight is 387 g/mol. The van der Waals surface area contributed by atoms with Gasteiger partial charge in [0.25, 0.3) is 5.91 Å². The molecule has 1 aromatic carbocycles. The molecule has 2 aromatic heterocycles. The zero-order valence-electron chi connectivity index (χ0n) is 15.2. The van der Waals surface area contributed by atoms with Crippen LogP contribution in [0.4, 0.5) is 4.39 Å². The first-order chi connectivity index (χ1) is 13.0. The second-order valence-corrected chi connectivity index (χ2v) is 7.51. The Balaban J connectivity index is 1.75. The molecule has 3 heterocycles. The van der Waals surface area contributed by atoms with Crippen LogP contribution in [0.3, 0.4) is 0 Å². The third-order valence-electron chi connectivity index (χ3n) is 5.18. The highest BCUT2D eigenvalue weighted by Crippen LogP contribution is 2.31. The number of pyridine rings is 1. The number of likely N-dealkylation sites (tertiary alicyclic amines) is 1. The van der Waals surface area contributed by atoms with Crippen LogP contribution in [0.1, 0.15) is 35.8 Å². The van der Waals surface area contributed by atoms with Gasteiger partial charge in [-0.05, 0) is 49.9 Å². The average Bonchev–Trinajstić information content (AvgIpc) is 3.00. The third kappa shape index (κ3) is 3.18. The first-order valence-corrected chi connectivity index (χ1v) is 9.42. The highest BCUT2D eigenvalue weighted by atomic mass is 35.5. The van der Waals surface area contributed by atoms with E-state index in [2.05, 4.69) is 17.0 Å². The Kier molecular flexibility index (Phi) is 4.60. The van der Waals surface area contributed by atoms with Crippen molar-refractivity contribution in [3.05, 3.63) is 52.6 Å². The first-order valence-electron chi connectivity index (χ1n) is 9.04. The molecule has 140 valence electrons. The van der Waals surface area contributed by atoms with Gasteiger partial charge in [-0.25, -0.2) is 14.1 Å². The molecule has 1 saturated heterocycles. The van der Waals surface area contributed by atoms with E-state index in [4.69, 9.17) is 11.6 Å². The Bertz CT molecular complexity index is 1010. The number of hydrogen-bond donors (Lipinski definition) is 0. The molecule has 1 amide bonds. The molecular weight excluding hydrogens is 367 g/mol. The van der Waals surface area contributed by atoms with E-state index < -0.39 is 0 Å². The number of carbonyl (C=O) groups is 1. The van der Waals surface area contributed by atoms with Gasteiger partial charge >= 0.3 is 0 Å². The normalized spacial score (nSPS) is 15.5. The van der Waals surface area contributed by atoms with E-state index in [9.17, 15) is 9.18 Å². The van der Waals surface area contributed by atoms with Crippen LogP contribution in [-0.2, 0) is 0 Å². The first kappa shape index (κ1) is 17.9. The van der Waals surface area contributed by atoms with E-state index >= 15 is 0 Å². The molecule has 0 saturated carbocycles. The number of aryl methyl sites for hydroxylation is 1. The van der Waals surface area contributed by atoms with Crippen LogP contribution in [0.5, 0.6) is 0 Å². The van der Waals surface area contributed by atoms with E-state index in [0.29, 0.717) is 38.9 Å². The fourth-order valence-electron chi connectivity index (χ4n) is 3.50. The Hall–Kier alpha value is -2.47. The predicted octanol–water partition coefficient (Wildman–Crippen LogP) is 4.39. The molecule has 0 N–H and O–H groups in total. The molecule has 0 aliphatic carbocycles. The topological polar surface area (TPSA) is 51.0 Å². The van der Waals surface area contributed by atoms with Crippen LogP contribution in [0.2, 0.25) is 5.02 Å². The maximum atomic E-state index is 13.2. The van der Waals surface area contributed by atoms with Gasteiger partial charge in [0.2, 0.25) is 0 Å². The van der Waals surface area contributed by atoms with Gasteiger partial charge in [-0.3, -0.25) is 4.79 Å². The molecule has 7 heteroatoms. The minimum Gasteiger partial charge on any atom is -0.339 e. The Morgan fingerprint density at radius 2 is 1.89 bits per heavy atom. The zero-order chi connectivity index (χ0) is 19.1. The minimum absolute atomic E-state index is 0.0877. The number of hydrogen-bond acceptors (Lipinski definition) is 3. The summed E-state index contributed by atoms with van der Waals surface area (Å²) < 4.78 is 14.8. The Morgan fingerprint density at radius 1 is 1.22 bits per heavy atom. The van der Waals surface area contributed by atoms with Crippen LogP contribution >= 0.6 is 11.6 Å². The highest BCUT2D eigenvalue weighted by molar-refractivity contribution is 6.38. The van der Waals surface area contributed by atoms with Crippen molar-refractivity contribution in [3.8, 4) is 5.69 Å². The van der Waals surface area contributed by atoms with Gasteiger partial charge in [0.05, 0.1) is 27.4 Å². The molecule has 0 radical (unpaired) electrons. The summed E-state index contributed by atoms with van der Waals surface area (Å²) >= 11 is 6.61. The highest BCUT2D eigenvalue weighted by Gasteiger charge is 2.26. The van der Waals surface area contributed by atoms with Gasteiger partial charge in [-0.15, -0.1) is 0 Å². The second-order valence-electron chi connectivity index (χ2n) is 7.13. The molecule has 4 rings (SSSR count). The molecule has 0 unspecified atom stereocenters. The number of halogens is 2. The van der Waals surface area contributed by atoms with Crippen LogP contribution in [-0.4, -0.2) is 38.7 Å². The fraction of sp³-hybridized carbons (Fsp3) is 0.350. The lowest BCUT2D eigenvalue weighted by molar-refractivity contribution is 0.0697. The summed E-state index contributed by atoms with van der Waals surface area (Å²) in [4.78, 5) is 19.2. The van der Waals surface area contributed by atoms with Crippen LogP contribution in [0, 0.1) is 18.7 Å². The van der Waals surface area contributed by atoms with Crippen LogP contribution < -0.4 is 0 Å². The van der Waals surface area contributed by atoms with Gasteiger partial charge in [-0.2, -0.15) is 5.10 Å². The smallest absolute Gasteiger partial charge is 0.256 e. The second kappa shape index (κ2) is 6.93. The number of amides is 1. The molecule has 0 spiro atoms. The molecule has 5 nitrogen and oxygen atoms in total. The summed E-state index contributed by atoms with van der Waals surface area (Å²) in [6, 6.07) is 6.00. The fourth-order valence-corrected chi connectivity index (χ4v) is 3.85. The van der Waals surface area contributed by atoms with Crippen molar-refractivity contribution in [1.82, 2.24) is 19.7 Å². The third-order valence-corrected chi connectivity index (χ3v) is 5.57. The number of nitrogens with zero attached hydrogens (tertiary/aromatic N) is 4. The number of benzene rings is 1. The van der Waals surface area contributed by atoms with E-state index in [-0.39, 0.29) is 11.7 Å². The minimum atomic E-state index is -0.318. The zero-order valence-corrected chi connectivity index (χ0v) is 16.0. The monoisotopic (exact) mass is 386 g/mol. The van der Waals surface area contributed by atoms with Gasteiger partial charge < -0.3 is 4.90 Å². The SMILES string of the molecule is Cc1nn(-c2ccc(F)cc2)c2ncc(C(=O)N3CCC(C)CC3)c(Cl)c12. The van der Waals surface area contributed by atoms with Crippen molar-refractivity contribution in [2.75, 3.05) is 13.1 Å². The van der Waals surface area contributed by atoms with Crippen molar-refractivity contribution < 1.29 is 9.18 Å². The Labute approximate surface area is 161 Å². The van der Waals surface area contributed by atoms with Crippen molar-refractivity contribution in [2.24, 2.45) is 5.92 Å². The summed E-state index contributed by atoms with van der Waals surface area (Å²) in [5, 5.41) is 5.52. The van der Waals surface area contributed by atoms with Gasteiger partial charge in [0, 0.05) is 19.3 Å². The van der Waals surface area contributed by atoms with E-state index in [0.717, 1.165) is 25.9 Å². The lowest BCUT2D eigenvalue weighted by Gasteiger charge is -2.30. The quantitative estimate of drug-likeness (QED) is 0.656. The van der Waals surface area contributed by atoms with E-state index in [1.807, 2.05) is 11.8 Å². The van der Waals surface area contributed by atoms with Crippen molar-refractivity contribution >= 4 is 28.5 Å². The number of piperidine rings is 1. The summed E-state index contributed by atoms with van der Waals surface area (Å²) in [6.07, 6.45) is 3.52. The molecule has 0 atom stereocenters. The molecule has 1 fully saturated rings. The molecule has 1 aliphatic heterocycles. The summed E-state index contributed by atoms with van der Waals surface area (Å²) in [7, 11) is 0. The van der Waals surface area contributed by atoms with Crippen molar-refractivity contribution in [2.45, 2.75) is 26.7 Å². The summed E-state index contributed by atoms with van der Waals surface area (Å²) in [5.41, 5.74) is 2.31. The standard InChI is InChI=1S/C20H20ClFN4O/c1-12-7-9-25(10-8-12)20(27)16-11-23-19-17(18(16)21)13(2)24-26(19)15-5-3-14(22)4-6-15/h3-6,11-12H,7-10H2,1-2H3. The van der Waals surface area contributed by atoms with Crippen molar-refractivity contribution in [3.63, 3.8) is 0 Å². The van der Waals surface area contributed by atoms with Gasteiger partial charge in [-0.1, -0.05) is 18.5 Å². The lowest BCUT2D eigenvalue weighted by atomic mass is 9.98. The molecule has 3 aromatic rings. The van der Waals surface area contributed by atoms with Gasteiger partial charge in [0.1, 0.15) is 5.82 Å². The molecule has 1 aliphatic rings. The number of fused-ring (bicyclic) bond motifs is 1. The number of carbonyl (C=O) groups excluding carboxylic acids is 1. The van der Waals surface area contributed by atoms with Crippen LogP contribution in [0.15, 0.2) is 30.5 Å². The largest absolute Gasteiger partial charge is 0.339 e. The van der Waals surface area contributed by atoms with Gasteiger partial charge in [0.15, 0.2) is 5.65 Å². The number of aromatic nitrogens is 3. The van der Waals surface area contributed by atoms with Crippen LogP contribution in [0.25, 0.3) is 16.7 Å². The van der Waals surface area contributed by atoms with Crippen molar-refractivity contribution in [1.29, 1.82) is 0 Å². The predicted molar refractivity (Wildman–Crippen MR) is 103 cm³/mol. The lowest BCUT2D eigenvalue weighted by Crippen LogP contribution is -2.38. The molecule has 27 heavy (non-hydrogen) atoms. The summed E-state index contributed by atoms with van der Waals surface area (Å²) in [6.45, 7) is 5.51.